The van der Waals surface area contributed by atoms with Crippen molar-refractivity contribution < 1.29 is 4.79 Å². The van der Waals surface area contributed by atoms with Gasteiger partial charge in [-0.15, -0.1) is 0 Å². The van der Waals surface area contributed by atoms with E-state index in [1.54, 1.807) is 17.1 Å². The molecular weight excluding hydrogens is 326 g/mol. The molecule has 1 aromatic carbocycles. The van der Waals surface area contributed by atoms with Crippen LogP contribution in [0.15, 0.2) is 61.2 Å². The Morgan fingerprint density at radius 2 is 2.08 bits per heavy atom. The Balaban J connectivity index is 1.37. The number of para-hydroxylation sites is 1. The fourth-order valence-corrected chi connectivity index (χ4v) is 2.97. The van der Waals surface area contributed by atoms with Gasteiger partial charge in [0.2, 0.25) is 5.91 Å². The third kappa shape index (κ3) is 3.35. The molecule has 0 fully saturated rings. The van der Waals surface area contributed by atoms with Crippen LogP contribution in [0.1, 0.15) is 11.1 Å². The van der Waals surface area contributed by atoms with Gasteiger partial charge >= 0.3 is 0 Å². The van der Waals surface area contributed by atoms with Crippen molar-refractivity contribution in [3.8, 4) is 11.3 Å². The minimum atomic E-state index is -0.00825. The lowest BCUT2D eigenvalue weighted by Gasteiger charge is -2.05. The van der Waals surface area contributed by atoms with Gasteiger partial charge in [0.25, 0.3) is 0 Å². The van der Waals surface area contributed by atoms with Crippen molar-refractivity contribution in [3.05, 3.63) is 72.3 Å². The van der Waals surface area contributed by atoms with Crippen LogP contribution in [0, 0.1) is 0 Å². The number of nitrogens with one attached hydrogen (secondary N) is 2. The number of carbonyl (C=O) groups excluding carboxylic acids is 1. The first-order valence-corrected chi connectivity index (χ1v) is 8.45. The molecule has 0 radical (unpaired) electrons. The van der Waals surface area contributed by atoms with Crippen molar-refractivity contribution in [1.82, 2.24) is 25.1 Å². The summed E-state index contributed by atoms with van der Waals surface area (Å²) in [5.41, 5.74) is 4.85. The molecule has 0 aliphatic rings. The Hall–Kier alpha value is -3.41. The summed E-state index contributed by atoms with van der Waals surface area (Å²) in [6, 6.07) is 11.9. The number of H-pyrrole nitrogens is 1. The first kappa shape index (κ1) is 16.1. The Morgan fingerprint density at radius 3 is 2.85 bits per heavy atom. The van der Waals surface area contributed by atoms with Gasteiger partial charge < -0.3 is 10.3 Å². The van der Waals surface area contributed by atoms with E-state index < -0.39 is 0 Å². The largest absolute Gasteiger partial charge is 0.361 e. The zero-order chi connectivity index (χ0) is 17.9. The molecule has 0 unspecified atom stereocenters. The lowest BCUT2D eigenvalue weighted by atomic mass is 10.1. The maximum atomic E-state index is 12.3. The summed E-state index contributed by atoms with van der Waals surface area (Å²) in [5, 5.41) is 8.19. The SMILES string of the molecule is Cn1cc(-c2ccc(CNC(=O)Cc3c[nH]c4ccccc34)cn2)cn1. The summed E-state index contributed by atoms with van der Waals surface area (Å²) in [5.74, 6) is -0.00825. The minimum absolute atomic E-state index is 0.00825. The van der Waals surface area contributed by atoms with Crippen molar-refractivity contribution in [3.63, 3.8) is 0 Å². The van der Waals surface area contributed by atoms with E-state index in [0.29, 0.717) is 13.0 Å². The average molecular weight is 345 g/mol. The Bertz CT molecular complexity index is 1050. The van der Waals surface area contributed by atoms with Crippen LogP contribution in [0.4, 0.5) is 0 Å². The summed E-state index contributed by atoms with van der Waals surface area (Å²) >= 11 is 0. The second-order valence-corrected chi connectivity index (χ2v) is 6.27. The van der Waals surface area contributed by atoms with E-state index in [1.807, 2.05) is 55.8 Å². The predicted molar refractivity (Wildman–Crippen MR) is 100 cm³/mol. The number of nitrogens with zero attached hydrogens (tertiary/aromatic N) is 3. The first-order chi connectivity index (χ1) is 12.7. The monoisotopic (exact) mass is 345 g/mol. The molecule has 6 nitrogen and oxygen atoms in total. The van der Waals surface area contributed by atoms with Crippen molar-refractivity contribution >= 4 is 16.8 Å². The number of rotatable bonds is 5. The molecule has 3 aromatic heterocycles. The lowest BCUT2D eigenvalue weighted by Crippen LogP contribution is -2.24. The van der Waals surface area contributed by atoms with Gasteiger partial charge in [-0.25, -0.2) is 0 Å². The number of aryl methyl sites for hydroxylation is 1. The minimum Gasteiger partial charge on any atom is -0.361 e. The van der Waals surface area contributed by atoms with E-state index in [4.69, 9.17) is 0 Å². The lowest BCUT2D eigenvalue weighted by molar-refractivity contribution is -0.120. The van der Waals surface area contributed by atoms with Gasteiger partial charge in [0, 0.05) is 48.6 Å². The molecule has 0 saturated carbocycles. The highest BCUT2D eigenvalue weighted by molar-refractivity contribution is 5.88. The van der Waals surface area contributed by atoms with Crippen LogP contribution in [0.5, 0.6) is 0 Å². The molecule has 0 spiro atoms. The fraction of sp³-hybridized carbons (Fsp3) is 0.150. The third-order valence-corrected chi connectivity index (χ3v) is 4.34. The number of carbonyl (C=O) groups is 1. The number of amides is 1. The number of hydrogen-bond acceptors (Lipinski definition) is 3. The predicted octanol–water partition coefficient (Wildman–Crippen LogP) is 2.82. The van der Waals surface area contributed by atoms with Gasteiger partial charge in [-0.05, 0) is 23.3 Å². The van der Waals surface area contributed by atoms with Crippen LogP contribution in [-0.4, -0.2) is 25.7 Å². The fourth-order valence-electron chi connectivity index (χ4n) is 2.97. The zero-order valence-corrected chi connectivity index (χ0v) is 14.4. The molecule has 6 heteroatoms. The smallest absolute Gasteiger partial charge is 0.224 e. The summed E-state index contributed by atoms with van der Waals surface area (Å²) < 4.78 is 1.75. The van der Waals surface area contributed by atoms with Gasteiger partial charge in [-0.1, -0.05) is 24.3 Å². The Morgan fingerprint density at radius 1 is 1.19 bits per heavy atom. The Kier molecular flexibility index (Phi) is 4.23. The molecule has 0 saturated heterocycles. The topological polar surface area (TPSA) is 75.6 Å². The number of benzene rings is 1. The highest BCUT2D eigenvalue weighted by Crippen LogP contribution is 2.18. The highest BCUT2D eigenvalue weighted by atomic mass is 16.1. The van der Waals surface area contributed by atoms with Crippen LogP contribution in [-0.2, 0) is 24.8 Å². The third-order valence-electron chi connectivity index (χ3n) is 4.34. The summed E-state index contributed by atoms with van der Waals surface area (Å²) in [4.78, 5) is 19.9. The van der Waals surface area contributed by atoms with Gasteiger partial charge in [0.1, 0.15) is 0 Å². The number of pyridine rings is 1. The number of fused-ring (bicyclic) bond motifs is 1. The van der Waals surface area contributed by atoms with Crippen LogP contribution in [0.3, 0.4) is 0 Å². The standard InChI is InChI=1S/C20H19N5O/c1-25-13-16(12-24-25)18-7-6-14(9-21-18)10-23-20(26)8-15-11-22-19-5-3-2-4-17(15)19/h2-7,9,11-13,22H,8,10H2,1H3,(H,23,26). The second kappa shape index (κ2) is 6.84. The number of aromatic amines is 1. The van der Waals surface area contributed by atoms with Gasteiger partial charge in [-0.2, -0.15) is 5.10 Å². The molecule has 1 amide bonds. The van der Waals surface area contributed by atoms with Crippen molar-refractivity contribution in [2.24, 2.45) is 7.05 Å². The van der Waals surface area contributed by atoms with Crippen LogP contribution in [0.2, 0.25) is 0 Å². The molecule has 0 aliphatic heterocycles. The van der Waals surface area contributed by atoms with Crippen molar-refractivity contribution in [2.75, 3.05) is 0 Å². The highest BCUT2D eigenvalue weighted by Gasteiger charge is 2.09. The first-order valence-electron chi connectivity index (χ1n) is 8.45. The average Bonchev–Trinajstić information content (AvgIpc) is 3.27. The summed E-state index contributed by atoms with van der Waals surface area (Å²) in [7, 11) is 1.88. The van der Waals surface area contributed by atoms with E-state index in [0.717, 1.165) is 33.3 Å². The molecule has 0 aliphatic carbocycles. The van der Waals surface area contributed by atoms with E-state index in [9.17, 15) is 4.79 Å². The molecule has 0 bridgehead atoms. The van der Waals surface area contributed by atoms with Gasteiger partial charge in [-0.3, -0.25) is 14.5 Å². The zero-order valence-electron chi connectivity index (χ0n) is 14.4. The van der Waals surface area contributed by atoms with Crippen molar-refractivity contribution in [1.29, 1.82) is 0 Å². The van der Waals surface area contributed by atoms with E-state index in [-0.39, 0.29) is 5.91 Å². The number of hydrogen-bond donors (Lipinski definition) is 2. The summed E-state index contributed by atoms with van der Waals surface area (Å²) in [6.07, 6.45) is 7.74. The van der Waals surface area contributed by atoms with E-state index >= 15 is 0 Å². The van der Waals surface area contributed by atoms with E-state index in [2.05, 4.69) is 20.4 Å². The molecule has 2 N–H and O–H groups in total. The van der Waals surface area contributed by atoms with E-state index in [1.165, 1.54) is 0 Å². The second-order valence-electron chi connectivity index (χ2n) is 6.27. The normalized spacial score (nSPS) is 11.0. The van der Waals surface area contributed by atoms with Gasteiger partial charge in [0.05, 0.1) is 18.3 Å². The molecule has 0 atom stereocenters. The number of aromatic nitrogens is 4. The summed E-state index contributed by atoms with van der Waals surface area (Å²) in [6.45, 7) is 0.460. The Labute approximate surface area is 150 Å². The van der Waals surface area contributed by atoms with Crippen molar-refractivity contribution in [2.45, 2.75) is 13.0 Å². The van der Waals surface area contributed by atoms with Crippen LogP contribution >= 0.6 is 0 Å². The maximum Gasteiger partial charge on any atom is 0.224 e. The molecule has 4 aromatic rings. The molecule has 130 valence electrons. The molecule has 3 heterocycles. The quantitative estimate of drug-likeness (QED) is 0.584. The van der Waals surface area contributed by atoms with Crippen LogP contribution in [0.25, 0.3) is 22.2 Å². The molecule has 4 rings (SSSR count). The maximum absolute atomic E-state index is 12.3. The van der Waals surface area contributed by atoms with Gasteiger partial charge in [0.15, 0.2) is 0 Å². The molecular formula is C20H19N5O. The van der Waals surface area contributed by atoms with Crippen LogP contribution < -0.4 is 5.32 Å². The molecule has 26 heavy (non-hydrogen) atoms.